The molecule has 0 fully saturated rings. The predicted octanol–water partition coefficient (Wildman–Crippen LogP) is 11.7. The Hall–Kier alpha value is -0.120. The predicted molar refractivity (Wildman–Crippen MR) is 190 cm³/mol. The molecule has 0 rings (SSSR count). The number of nitrogens with zero attached hydrogens (tertiary/aromatic N) is 1. The summed E-state index contributed by atoms with van der Waals surface area (Å²) >= 11 is 0. The average Bonchev–Trinajstić information content (AvgIpc) is 2.97. The zero-order chi connectivity index (χ0) is 31.0. The molecule has 0 saturated heterocycles. The van der Waals surface area contributed by atoms with Crippen molar-refractivity contribution in [3.63, 3.8) is 0 Å². The van der Waals surface area contributed by atoms with Crippen molar-refractivity contribution in [1.82, 2.24) is 0 Å². The molecule has 3 heteroatoms. The first-order chi connectivity index (χ1) is 20.4. The molecule has 3 nitrogen and oxygen atoms in total. The minimum atomic E-state index is -0.0531. The second kappa shape index (κ2) is 32.3. The fraction of sp³-hybridized carbons (Fsp3) is 1.00. The molecule has 3 N–H and O–H groups in total. The molecule has 0 amide bonds. The van der Waals surface area contributed by atoms with Crippen LogP contribution in [-0.2, 0) is 0 Å². The molecule has 0 aromatic rings. The highest BCUT2D eigenvalue weighted by Crippen LogP contribution is 2.21. The molecule has 0 aliphatic carbocycles. The van der Waals surface area contributed by atoms with E-state index in [1.165, 1.54) is 199 Å². The Labute approximate surface area is 267 Å². The summed E-state index contributed by atoms with van der Waals surface area (Å²) in [5, 5.41) is 9.59. The van der Waals surface area contributed by atoms with Crippen molar-refractivity contribution in [2.24, 2.45) is 11.7 Å². The molecule has 254 valence electrons. The highest BCUT2D eigenvalue weighted by molar-refractivity contribution is 4.68. The quantitative estimate of drug-likeness (QED) is 0.0565. The zero-order valence-corrected chi connectivity index (χ0v) is 30.0. The van der Waals surface area contributed by atoms with Gasteiger partial charge in [0, 0.05) is 12.0 Å². The lowest BCUT2D eigenvalue weighted by Crippen LogP contribution is -2.45. The van der Waals surface area contributed by atoms with Crippen molar-refractivity contribution in [3.05, 3.63) is 0 Å². The van der Waals surface area contributed by atoms with Gasteiger partial charge in [0.1, 0.15) is 0 Å². The van der Waals surface area contributed by atoms with Gasteiger partial charge in [-0.2, -0.15) is 0 Å². The number of hydrogen-bond donors (Lipinski definition) is 2. The number of unbranched alkanes of at least 4 members (excludes halogenated alkanes) is 26. The topological polar surface area (TPSA) is 46.2 Å². The fourth-order valence-electron chi connectivity index (χ4n) is 6.94. The van der Waals surface area contributed by atoms with E-state index in [1.54, 1.807) is 0 Å². The normalized spacial score (nSPS) is 13.6. The van der Waals surface area contributed by atoms with Crippen LogP contribution in [0.5, 0.6) is 0 Å². The summed E-state index contributed by atoms with van der Waals surface area (Å²) in [6.07, 6.45) is 42.1. The molecule has 0 aliphatic rings. The van der Waals surface area contributed by atoms with Crippen molar-refractivity contribution in [1.29, 1.82) is 0 Å². The summed E-state index contributed by atoms with van der Waals surface area (Å²) in [6.45, 7) is 7.22. The van der Waals surface area contributed by atoms with Gasteiger partial charge >= 0.3 is 0 Å². The molecule has 0 aliphatic heterocycles. The standard InChI is InChI=1S/C39H83N2O/c1-5-7-9-11-13-15-17-19-21-23-25-27-29-31-33-38(35-39(40)37-42)36-41(3,4)34-32-30-28-26-24-22-20-18-16-14-12-10-8-6-2/h38-39,42H,5-37,40H2,1-4H3/q+1. The van der Waals surface area contributed by atoms with E-state index in [9.17, 15) is 5.11 Å². The van der Waals surface area contributed by atoms with E-state index in [0.717, 1.165) is 10.9 Å². The summed E-state index contributed by atoms with van der Waals surface area (Å²) in [4.78, 5) is 0. The molecule has 0 radical (unpaired) electrons. The van der Waals surface area contributed by atoms with Gasteiger partial charge in [-0.05, 0) is 25.7 Å². The van der Waals surface area contributed by atoms with Gasteiger partial charge in [-0.1, -0.05) is 181 Å². The molecular formula is C39H83N2O+. The lowest BCUT2D eigenvalue weighted by molar-refractivity contribution is -0.894. The Bertz CT molecular complexity index is 509. The first-order valence-corrected chi connectivity index (χ1v) is 19.6. The molecule has 0 spiro atoms. The molecule has 2 unspecified atom stereocenters. The number of quaternary nitrogens is 1. The van der Waals surface area contributed by atoms with E-state index in [0.29, 0.717) is 5.92 Å². The number of aliphatic hydroxyl groups excluding tert-OH is 1. The van der Waals surface area contributed by atoms with E-state index in [2.05, 4.69) is 27.9 Å². The molecular weight excluding hydrogens is 512 g/mol. The van der Waals surface area contributed by atoms with Gasteiger partial charge in [0.15, 0.2) is 0 Å². The smallest absolute Gasteiger partial charge is 0.0811 e. The monoisotopic (exact) mass is 596 g/mol. The second-order valence-corrected chi connectivity index (χ2v) is 14.9. The molecule has 0 aromatic carbocycles. The van der Waals surface area contributed by atoms with E-state index in [1.807, 2.05) is 0 Å². The Morgan fingerprint density at radius 3 is 1.12 bits per heavy atom. The number of aliphatic hydroxyl groups is 1. The molecule has 0 heterocycles. The maximum Gasteiger partial charge on any atom is 0.0811 e. The van der Waals surface area contributed by atoms with Crippen molar-refractivity contribution < 1.29 is 9.59 Å². The van der Waals surface area contributed by atoms with Crippen LogP contribution in [0.1, 0.15) is 206 Å². The van der Waals surface area contributed by atoms with Crippen molar-refractivity contribution in [2.75, 3.05) is 33.8 Å². The van der Waals surface area contributed by atoms with Crippen LogP contribution in [0.25, 0.3) is 0 Å². The number of hydrogen-bond acceptors (Lipinski definition) is 2. The van der Waals surface area contributed by atoms with Gasteiger partial charge in [-0.3, -0.25) is 0 Å². The summed E-state index contributed by atoms with van der Waals surface area (Å²) in [7, 11) is 4.84. The third-order valence-corrected chi connectivity index (χ3v) is 9.71. The SMILES string of the molecule is CCCCCCCCCCCCCCCCC(CC(N)CO)C[N+](C)(C)CCCCCCCCCCCCCCCC. The summed E-state index contributed by atoms with van der Waals surface area (Å²) in [6, 6.07) is -0.0531. The van der Waals surface area contributed by atoms with Crippen LogP contribution in [0.2, 0.25) is 0 Å². The average molecular weight is 596 g/mol. The molecule has 2 atom stereocenters. The molecule has 0 aromatic heterocycles. The van der Waals surface area contributed by atoms with Crippen LogP contribution in [0.4, 0.5) is 0 Å². The van der Waals surface area contributed by atoms with Crippen LogP contribution in [-0.4, -0.2) is 49.4 Å². The van der Waals surface area contributed by atoms with Gasteiger partial charge in [0.05, 0.1) is 33.8 Å². The Kier molecular flexibility index (Phi) is 32.2. The van der Waals surface area contributed by atoms with Crippen LogP contribution >= 0.6 is 0 Å². The first kappa shape index (κ1) is 41.9. The largest absolute Gasteiger partial charge is 0.395 e. The summed E-state index contributed by atoms with van der Waals surface area (Å²) < 4.78 is 1.11. The minimum Gasteiger partial charge on any atom is -0.395 e. The van der Waals surface area contributed by atoms with E-state index >= 15 is 0 Å². The lowest BCUT2D eigenvalue weighted by atomic mass is 9.92. The first-order valence-electron chi connectivity index (χ1n) is 19.6. The zero-order valence-electron chi connectivity index (χ0n) is 30.0. The van der Waals surface area contributed by atoms with Crippen LogP contribution < -0.4 is 5.73 Å². The Morgan fingerprint density at radius 1 is 0.476 bits per heavy atom. The van der Waals surface area contributed by atoms with Crippen LogP contribution in [0.15, 0.2) is 0 Å². The lowest BCUT2D eigenvalue weighted by Gasteiger charge is -2.34. The highest BCUT2D eigenvalue weighted by Gasteiger charge is 2.23. The molecule has 0 bridgehead atoms. The van der Waals surface area contributed by atoms with Crippen LogP contribution in [0, 0.1) is 5.92 Å². The summed E-state index contributed by atoms with van der Waals surface area (Å²) in [5.41, 5.74) is 6.22. The maximum absolute atomic E-state index is 9.59. The minimum absolute atomic E-state index is 0.0531. The van der Waals surface area contributed by atoms with Crippen molar-refractivity contribution in [2.45, 2.75) is 213 Å². The third-order valence-electron chi connectivity index (χ3n) is 9.71. The number of nitrogens with two attached hydrogens (primary N) is 1. The fourth-order valence-corrected chi connectivity index (χ4v) is 6.94. The number of rotatable bonds is 35. The second-order valence-electron chi connectivity index (χ2n) is 14.9. The Morgan fingerprint density at radius 2 is 0.786 bits per heavy atom. The van der Waals surface area contributed by atoms with Crippen molar-refractivity contribution in [3.8, 4) is 0 Å². The van der Waals surface area contributed by atoms with E-state index < -0.39 is 0 Å². The van der Waals surface area contributed by atoms with E-state index in [4.69, 9.17) is 5.73 Å². The van der Waals surface area contributed by atoms with Gasteiger partial charge < -0.3 is 15.3 Å². The summed E-state index contributed by atoms with van der Waals surface area (Å²) in [5.74, 6) is 0.645. The van der Waals surface area contributed by atoms with Gasteiger partial charge in [0.25, 0.3) is 0 Å². The maximum atomic E-state index is 9.59. The van der Waals surface area contributed by atoms with Crippen molar-refractivity contribution >= 4 is 0 Å². The van der Waals surface area contributed by atoms with E-state index in [-0.39, 0.29) is 12.6 Å². The van der Waals surface area contributed by atoms with Gasteiger partial charge in [-0.15, -0.1) is 0 Å². The van der Waals surface area contributed by atoms with Gasteiger partial charge in [0.2, 0.25) is 0 Å². The highest BCUT2D eigenvalue weighted by atomic mass is 16.3. The third kappa shape index (κ3) is 31.3. The van der Waals surface area contributed by atoms with Gasteiger partial charge in [-0.25, -0.2) is 0 Å². The molecule has 42 heavy (non-hydrogen) atoms. The molecule has 0 saturated carbocycles. The Balaban J connectivity index is 3.86. The van der Waals surface area contributed by atoms with Crippen LogP contribution in [0.3, 0.4) is 0 Å².